The van der Waals surface area contributed by atoms with Crippen LogP contribution in [-0.2, 0) is 0 Å². The Morgan fingerprint density at radius 2 is 2.13 bits per heavy atom. The number of carbonyl (C=O) groups excluding carboxylic acids is 1. The van der Waals surface area contributed by atoms with E-state index in [1.807, 2.05) is 0 Å². The van der Waals surface area contributed by atoms with Crippen LogP contribution in [0, 0.1) is 10.1 Å². The number of alkyl halides is 2. The van der Waals surface area contributed by atoms with Crippen molar-refractivity contribution in [2.75, 3.05) is 0 Å². The first-order valence-electron chi connectivity index (χ1n) is 3.62. The summed E-state index contributed by atoms with van der Waals surface area (Å²) >= 11 is 0. The summed E-state index contributed by atoms with van der Waals surface area (Å²) in [5.74, 6) is -1.10. The molecule has 0 saturated heterocycles. The highest BCUT2D eigenvalue weighted by Crippen LogP contribution is 2.25. The number of hydrogen-bond donors (Lipinski definition) is 1. The fourth-order valence-electron chi connectivity index (χ4n) is 0.958. The zero-order valence-electron chi connectivity index (χ0n) is 7.07. The quantitative estimate of drug-likeness (QED) is 0.465. The number of carbonyl (C=O) groups is 1. The molecule has 0 radical (unpaired) electrons. The lowest BCUT2D eigenvalue weighted by molar-refractivity contribution is -0.391. The van der Waals surface area contributed by atoms with Crippen LogP contribution in [-0.4, -0.2) is 16.2 Å². The lowest BCUT2D eigenvalue weighted by atomic mass is 10.2. The molecule has 0 bridgehead atoms. The first-order valence-corrected chi connectivity index (χ1v) is 3.62. The number of aldehydes is 1. The standard InChI is InChI=1S/C7H4F2N2O4/c8-5(9)4-1-3(2-12)7(13)10-6(4)11(14)15/h1-2,5H,(H,10,13). The monoisotopic (exact) mass is 218 g/mol. The summed E-state index contributed by atoms with van der Waals surface area (Å²) < 4.78 is 24.6. The Balaban J connectivity index is 3.52. The molecule has 0 amide bonds. The smallest absolute Gasteiger partial charge is 0.342 e. The zero-order chi connectivity index (χ0) is 11.6. The Hall–Kier alpha value is -2.12. The van der Waals surface area contributed by atoms with E-state index < -0.39 is 33.9 Å². The van der Waals surface area contributed by atoms with Gasteiger partial charge in [-0.3, -0.25) is 4.79 Å². The van der Waals surface area contributed by atoms with Crippen molar-refractivity contribution in [3.8, 4) is 0 Å². The van der Waals surface area contributed by atoms with Crippen molar-refractivity contribution in [3.63, 3.8) is 0 Å². The highest BCUT2D eigenvalue weighted by molar-refractivity contribution is 5.74. The number of halogens is 2. The van der Waals surface area contributed by atoms with E-state index in [2.05, 4.69) is 0 Å². The van der Waals surface area contributed by atoms with Gasteiger partial charge in [-0.15, -0.1) is 0 Å². The van der Waals surface area contributed by atoms with Crippen LogP contribution in [0.15, 0.2) is 10.9 Å². The van der Waals surface area contributed by atoms with Crippen molar-refractivity contribution in [1.29, 1.82) is 0 Å². The van der Waals surface area contributed by atoms with Crippen molar-refractivity contribution in [2.45, 2.75) is 6.43 Å². The number of nitro groups is 1. The maximum Gasteiger partial charge on any atom is 0.342 e. The molecule has 0 spiro atoms. The summed E-state index contributed by atoms with van der Waals surface area (Å²) in [5.41, 5.74) is -2.63. The van der Waals surface area contributed by atoms with Crippen molar-refractivity contribution >= 4 is 12.1 Å². The molecule has 0 fully saturated rings. The van der Waals surface area contributed by atoms with Gasteiger partial charge < -0.3 is 10.1 Å². The molecule has 0 atom stereocenters. The normalized spacial score (nSPS) is 10.3. The minimum Gasteiger partial charge on any atom is -0.358 e. The van der Waals surface area contributed by atoms with E-state index >= 15 is 0 Å². The first kappa shape index (κ1) is 11.0. The lowest BCUT2D eigenvalue weighted by Gasteiger charge is -2.02. The lowest BCUT2D eigenvalue weighted by Crippen LogP contribution is -2.15. The van der Waals surface area contributed by atoms with Gasteiger partial charge in [-0.25, -0.2) is 18.6 Å². The molecule has 15 heavy (non-hydrogen) atoms. The van der Waals surface area contributed by atoms with Crippen molar-refractivity contribution in [1.82, 2.24) is 4.98 Å². The molecule has 0 aliphatic rings. The van der Waals surface area contributed by atoms with Crippen LogP contribution in [0.3, 0.4) is 0 Å². The molecule has 1 aromatic heterocycles. The second-order valence-corrected chi connectivity index (χ2v) is 2.53. The molecule has 80 valence electrons. The first-order chi connectivity index (χ1) is 6.97. The van der Waals surface area contributed by atoms with Gasteiger partial charge in [0.2, 0.25) is 0 Å². The van der Waals surface area contributed by atoms with E-state index in [9.17, 15) is 28.5 Å². The molecule has 0 aliphatic carbocycles. The predicted molar refractivity (Wildman–Crippen MR) is 44.1 cm³/mol. The van der Waals surface area contributed by atoms with Crippen LogP contribution in [0.4, 0.5) is 14.6 Å². The highest BCUT2D eigenvalue weighted by atomic mass is 19.3. The molecule has 0 saturated carbocycles. The number of hydrogen-bond acceptors (Lipinski definition) is 4. The fourth-order valence-corrected chi connectivity index (χ4v) is 0.958. The molecule has 1 aromatic rings. The Morgan fingerprint density at radius 3 is 2.53 bits per heavy atom. The topological polar surface area (TPSA) is 93.1 Å². The van der Waals surface area contributed by atoms with Gasteiger partial charge >= 0.3 is 11.4 Å². The average molecular weight is 218 g/mol. The van der Waals surface area contributed by atoms with E-state index in [1.165, 1.54) is 0 Å². The van der Waals surface area contributed by atoms with Gasteiger partial charge in [-0.05, 0) is 11.0 Å². The zero-order valence-corrected chi connectivity index (χ0v) is 7.07. The van der Waals surface area contributed by atoms with Crippen LogP contribution < -0.4 is 5.56 Å². The maximum absolute atomic E-state index is 12.3. The van der Waals surface area contributed by atoms with Gasteiger partial charge in [0.05, 0.1) is 0 Å². The van der Waals surface area contributed by atoms with Gasteiger partial charge in [0, 0.05) is 0 Å². The summed E-state index contributed by atoms with van der Waals surface area (Å²) in [7, 11) is 0. The predicted octanol–water partition coefficient (Wildman–Crippen LogP) is 1.03. The third kappa shape index (κ3) is 2.03. The van der Waals surface area contributed by atoms with Crippen LogP contribution in [0.2, 0.25) is 0 Å². The summed E-state index contributed by atoms with van der Waals surface area (Å²) in [4.78, 5) is 31.9. The molecule has 6 nitrogen and oxygen atoms in total. The van der Waals surface area contributed by atoms with Crippen LogP contribution in [0.25, 0.3) is 0 Å². The van der Waals surface area contributed by atoms with Gasteiger partial charge in [0.1, 0.15) is 11.1 Å². The van der Waals surface area contributed by atoms with E-state index in [0.717, 1.165) is 0 Å². The number of aromatic nitrogens is 1. The Labute approximate surface area is 80.7 Å². The Morgan fingerprint density at radius 1 is 1.53 bits per heavy atom. The number of nitrogens with zero attached hydrogens (tertiary/aromatic N) is 1. The van der Waals surface area contributed by atoms with Crippen LogP contribution >= 0.6 is 0 Å². The van der Waals surface area contributed by atoms with Crippen molar-refractivity contribution < 1.29 is 18.5 Å². The van der Waals surface area contributed by atoms with E-state index in [0.29, 0.717) is 6.07 Å². The van der Waals surface area contributed by atoms with E-state index in [-0.39, 0.29) is 6.29 Å². The summed E-state index contributed by atoms with van der Waals surface area (Å²) in [6, 6.07) is 0.509. The van der Waals surface area contributed by atoms with E-state index in [1.54, 1.807) is 4.98 Å². The minimum absolute atomic E-state index is 0.0500. The maximum atomic E-state index is 12.3. The summed E-state index contributed by atoms with van der Waals surface area (Å²) in [6.07, 6.45) is -3.09. The highest BCUT2D eigenvalue weighted by Gasteiger charge is 2.23. The third-order valence-corrected chi connectivity index (χ3v) is 1.62. The second kappa shape index (κ2) is 3.95. The largest absolute Gasteiger partial charge is 0.358 e. The number of H-pyrrole nitrogens is 1. The van der Waals surface area contributed by atoms with Crippen molar-refractivity contribution in [2.24, 2.45) is 0 Å². The molecule has 1 N–H and O–H groups in total. The molecule has 0 aromatic carbocycles. The van der Waals surface area contributed by atoms with Gasteiger partial charge in [-0.1, -0.05) is 0 Å². The molecule has 0 aliphatic heterocycles. The molecule has 8 heteroatoms. The van der Waals surface area contributed by atoms with Gasteiger partial charge in [-0.2, -0.15) is 0 Å². The van der Waals surface area contributed by atoms with Crippen LogP contribution in [0.5, 0.6) is 0 Å². The average Bonchev–Trinajstić information content (AvgIpc) is 2.16. The second-order valence-electron chi connectivity index (χ2n) is 2.53. The minimum atomic E-state index is -3.14. The number of pyridine rings is 1. The Kier molecular flexibility index (Phi) is 2.88. The SMILES string of the molecule is O=Cc1cc(C(F)F)c([N+](=O)[O-])[nH]c1=O. The third-order valence-electron chi connectivity index (χ3n) is 1.62. The fraction of sp³-hybridized carbons (Fsp3) is 0.143. The molecule has 1 rings (SSSR count). The van der Waals surface area contributed by atoms with Gasteiger partial charge in [0.15, 0.2) is 6.29 Å². The number of aromatic amines is 1. The molecular weight excluding hydrogens is 214 g/mol. The summed E-state index contributed by atoms with van der Waals surface area (Å²) in [6.45, 7) is 0. The van der Waals surface area contributed by atoms with Crippen molar-refractivity contribution in [3.05, 3.63) is 37.7 Å². The molecule has 0 unspecified atom stereocenters. The summed E-state index contributed by atoms with van der Waals surface area (Å²) in [5, 5.41) is 10.3. The molecule has 1 heterocycles. The molecular formula is C7H4F2N2O4. The Bertz CT molecular complexity index is 469. The van der Waals surface area contributed by atoms with Gasteiger partial charge in [0.25, 0.3) is 6.43 Å². The number of rotatable bonds is 3. The van der Waals surface area contributed by atoms with E-state index in [4.69, 9.17) is 0 Å². The number of nitrogens with one attached hydrogen (secondary N) is 1. The van der Waals surface area contributed by atoms with Crippen LogP contribution in [0.1, 0.15) is 22.3 Å².